The fraction of sp³-hybridized carbons (Fsp3) is 0.545. The first-order valence-electron chi connectivity index (χ1n) is 5.17. The molecule has 0 bridgehead atoms. The van der Waals surface area contributed by atoms with Crippen LogP contribution in [0, 0.1) is 0 Å². The largest absolute Gasteiger partial charge is 0.456 e. The van der Waals surface area contributed by atoms with Gasteiger partial charge in [-0.1, -0.05) is 22.9 Å². The molecule has 0 fully saturated rings. The summed E-state index contributed by atoms with van der Waals surface area (Å²) in [5.74, 6) is 0.978. The lowest BCUT2D eigenvalue weighted by molar-refractivity contribution is 0.0920. The number of carbonyl (C=O) groups excluding carboxylic acids is 1. The molecule has 0 aliphatic carbocycles. The smallest absolute Gasteiger partial charge is 0.287 e. The number of hydrogen-bond donors (Lipinski definition) is 1. The Balaban J connectivity index is 2.40. The normalized spacial score (nSPS) is 12.4. The van der Waals surface area contributed by atoms with Crippen LogP contribution >= 0.6 is 15.9 Å². The number of methoxy groups -OCH3 is 1. The maximum Gasteiger partial charge on any atom is 0.287 e. The Morgan fingerprint density at radius 1 is 1.62 bits per heavy atom. The number of carbonyl (C=O) groups is 1. The average molecular weight is 290 g/mol. The van der Waals surface area contributed by atoms with Crippen molar-refractivity contribution in [2.24, 2.45) is 0 Å². The first kappa shape index (κ1) is 13.3. The van der Waals surface area contributed by atoms with Crippen LogP contribution in [0.1, 0.15) is 23.2 Å². The van der Waals surface area contributed by atoms with Gasteiger partial charge >= 0.3 is 0 Å². The van der Waals surface area contributed by atoms with Gasteiger partial charge in [0.1, 0.15) is 5.76 Å². The van der Waals surface area contributed by atoms with E-state index in [1.807, 2.05) is 13.0 Å². The molecule has 1 N–H and O–H groups in total. The number of alkyl halides is 1. The van der Waals surface area contributed by atoms with Crippen LogP contribution in [0.5, 0.6) is 0 Å². The SMILES string of the molecule is CCc1ccc(C(=O)NCC(Br)COC)o1. The molecule has 1 amide bonds. The van der Waals surface area contributed by atoms with E-state index in [9.17, 15) is 4.79 Å². The lowest BCUT2D eigenvalue weighted by Gasteiger charge is -2.08. The first-order valence-corrected chi connectivity index (χ1v) is 6.08. The molecule has 1 unspecified atom stereocenters. The number of nitrogens with one attached hydrogen (secondary N) is 1. The third kappa shape index (κ3) is 3.98. The lowest BCUT2D eigenvalue weighted by atomic mass is 10.3. The molecule has 1 aromatic heterocycles. The van der Waals surface area contributed by atoms with Crippen LogP contribution in [-0.2, 0) is 11.2 Å². The highest BCUT2D eigenvalue weighted by molar-refractivity contribution is 9.09. The quantitative estimate of drug-likeness (QED) is 0.815. The summed E-state index contributed by atoms with van der Waals surface area (Å²) in [7, 11) is 1.62. The van der Waals surface area contributed by atoms with Gasteiger partial charge in [-0.05, 0) is 12.1 Å². The molecule has 0 saturated heterocycles. The summed E-state index contributed by atoms with van der Waals surface area (Å²) in [5.41, 5.74) is 0. The molecule has 1 heterocycles. The van der Waals surface area contributed by atoms with Gasteiger partial charge in [0.15, 0.2) is 5.76 Å². The van der Waals surface area contributed by atoms with Crippen molar-refractivity contribution in [2.45, 2.75) is 18.2 Å². The van der Waals surface area contributed by atoms with E-state index in [0.29, 0.717) is 18.9 Å². The molecule has 1 rings (SSSR count). The summed E-state index contributed by atoms with van der Waals surface area (Å²) in [5, 5.41) is 2.76. The van der Waals surface area contributed by atoms with E-state index in [1.165, 1.54) is 0 Å². The van der Waals surface area contributed by atoms with Crippen molar-refractivity contribution >= 4 is 21.8 Å². The van der Waals surface area contributed by atoms with Gasteiger partial charge in [-0.25, -0.2) is 0 Å². The topological polar surface area (TPSA) is 51.5 Å². The van der Waals surface area contributed by atoms with Crippen molar-refractivity contribution in [2.75, 3.05) is 20.3 Å². The molecule has 0 saturated carbocycles. The molecule has 16 heavy (non-hydrogen) atoms. The molecule has 0 aromatic carbocycles. The average Bonchev–Trinajstić information content (AvgIpc) is 2.75. The van der Waals surface area contributed by atoms with Crippen LogP contribution in [-0.4, -0.2) is 31.0 Å². The van der Waals surface area contributed by atoms with E-state index in [1.54, 1.807) is 13.2 Å². The second-order valence-corrected chi connectivity index (χ2v) is 4.68. The van der Waals surface area contributed by atoms with E-state index in [4.69, 9.17) is 9.15 Å². The minimum atomic E-state index is -0.194. The van der Waals surface area contributed by atoms with E-state index in [2.05, 4.69) is 21.2 Å². The molecular weight excluding hydrogens is 274 g/mol. The second-order valence-electron chi connectivity index (χ2n) is 3.38. The third-order valence-corrected chi connectivity index (χ3v) is 2.65. The molecule has 0 spiro atoms. The Morgan fingerprint density at radius 3 is 2.94 bits per heavy atom. The van der Waals surface area contributed by atoms with Gasteiger partial charge in [0.25, 0.3) is 5.91 Å². The maximum absolute atomic E-state index is 11.6. The Hall–Kier alpha value is -0.810. The minimum absolute atomic E-state index is 0.113. The monoisotopic (exact) mass is 289 g/mol. The van der Waals surface area contributed by atoms with Gasteiger partial charge in [-0.15, -0.1) is 0 Å². The van der Waals surface area contributed by atoms with Crippen molar-refractivity contribution in [1.29, 1.82) is 0 Å². The molecule has 1 aromatic rings. The molecule has 0 radical (unpaired) electrons. The van der Waals surface area contributed by atoms with Crippen LogP contribution in [0.15, 0.2) is 16.5 Å². The van der Waals surface area contributed by atoms with Crippen LogP contribution in [0.4, 0.5) is 0 Å². The van der Waals surface area contributed by atoms with Crippen molar-refractivity contribution in [1.82, 2.24) is 5.32 Å². The number of aryl methyl sites for hydroxylation is 1. The van der Waals surface area contributed by atoms with E-state index in [-0.39, 0.29) is 10.7 Å². The number of hydrogen-bond acceptors (Lipinski definition) is 3. The fourth-order valence-corrected chi connectivity index (χ4v) is 1.65. The van der Waals surface area contributed by atoms with Crippen LogP contribution in [0.3, 0.4) is 0 Å². The van der Waals surface area contributed by atoms with Gasteiger partial charge in [0.05, 0.1) is 11.4 Å². The summed E-state index contributed by atoms with van der Waals surface area (Å²) in [6.07, 6.45) is 0.790. The van der Waals surface area contributed by atoms with E-state index < -0.39 is 0 Å². The van der Waals surface area contributed by atoms with E-state index in [0.717, 1.165) is 12.2 Å². The Morgan fingerprint density at radius 2 is 2.38 bits per heavy atom. The zero-order chi connectivity index (χ0) is 12.0. The predicted molar refractivity (Wildman–Crippen MR) is 65.0 cm³/mol. The van der Waals surface area contributed by atoms with Gasteiger partial charge in [-0.2, -0.15) is 0 Å². The number of rotatable bonds is 6. The molecule has 4 nitrogen and oxygen atoms in total. The highest BCUT2D eigenvalue weighted by Crippen LogP contribution is 2.08. The number of halogens is 1. The van der Waals surface area contributed by atoms with E-state index >= 15 is 0 Å². The molecule has 5 heteroatoms. The van der Waals surface area contributed by atoms with Crippen molar-refractivity contribution in [3.8, 4) is 0 Å². The Kier molecular flexibility index (Phi) is 5.55. The maximum atomic E-state index is 11.6. The van der Waals surface area contributed by atoms with Crippen molar-refractivity contribution < 1.29 is 13.9 Å². The Labute approximate surface area is 103 Å². The summed E-state index contributed by atoms with van der Waals surface area (Å²) in [6, 6.07) is 3.50. The number of amides is 1. The molecule has 0 aliphatic rings. The third-order valence-electron chi connectivity index (χ3n) is 2.07. The molecule has 0 aliphatic heterocycles. The minimum Gasteiger partial charge on any atom is -0.456 e. The molecule has 90 valence electrons. The predicted octanol–water partition coefficient (Wildman–Crippen LogP) is 1.98. The Bertz CT molecular complexity index is 338. The standard InChI is InChI=1S/C11H16BrNO3/c1-3-9-4-5-10(16-9)11(14)13-6-8(12)7-15-2/h4-5,8H,3,6-7H2,1-2H3,(H,13,14). The first-order chi connectivity index (χ1) is 7.67. The number of furan rings is 1. The number of ether oxygens (including phenoxy) is 1. The highest BCUT2D eigenvalue weighted by atomic mass is 79.9. The van der Waals surface area contributed by atoms with Gasteiger partial charge in [-0.3, -0.25) is 4.79 Å². The summed E-state index contributed by atoms with van der Waals surface area (Å²) in [6.45, 7) is 3.04. The van der Waals surface area contributed by atoms with Crippen molar-refractivity contribution in [3.63, 3.8) is 0 Å². The molecule has 1 atom stereocenters. The van der Waals surface area contributed by atoms with Gasteiger partial charge < -0.3 is 14.5 Å². The lowest BCUT2D eigenvalue weighted by Crippen LogP contribution is -2.31. The highest BCUT2D eigenvalue weighted by Gasteiger charge is 2.12. The summed E-state index contributed by atoms with van der Waals surface area (Å²) in [4.78, 5) is 11.7. The van der Waals surface area contributed by atoms with Gasteiger partial charge in [0, 0.05) is 20.1 Å². The van der Waals surface area contributed by atoms with Crippen LogP contribution in [0.2, 0.25) is 0 Å². The van der Waals surface area contributed by atoms with Crippen LogP contribution < -0.4 is 5.32 Å². The van der Waals surface area contributed by atoms with Gasteiger partial charge in [0.2, 0.25) is 0 Å². The fourth-order valence-electron chi connectivity index (χ4n) is 1.22. The summed E-state index contributed by atoms with van der Waals surface area (Å²) >= 11 is 3.39. The summed E-state index contributed by atoms with van der Waals surface area (Å²) < 4.78 is 10.3. The molecular formula is C11H16BrNO3. The zero-order valence-corrected chi connectivity index (χ0v) is 11.0. The van der Waals surface area contributed by atoms with Crippen LogP contribution in [0.25, 0.3) is 0 Å². The van der Waals surface area contributed by atoms with Crippen molar-refractivity contribution in [3.05, 3.63) is 23.7 Å². The zero-order valence-electron chi connectivity index (χ0n) is 9.46. The second kappa shape index (κ2) is 6.70.